The second-order valence-corrected chi connectivity index (χ2v) is 8.72. The fraction of sp³-hybridized carbons (Fsp3) is 0.346. The number of fused-ring (bicyclic) bond motifs is 1. The minimum absolute atomic E-state index is 0.106. The molecular formula is C26H28N4O6. The second kappa shape index (κ2) is 9.80. The van der Waals surface area contributed by atoms with Crippen LogP contribution in [0.5, 0.6) is 23.0 Å². The Kier molecular flexibility index (Phi) is 6.41. The van der Waals surface area contributed by atoms with Crippen molar-refractivity contribution in [3.05, 3.63) is 60.2 Å². The fourth-order valence-electron chi connectivity index (χ4n) is 4.54. The Morgan fingerprint density at radius 1 is 1.08 bits per heavy atom. The van der Waals surface area contributed by atoms with Gasteiger partial charge in [0.05, 0.1) is 20.1 Å². The lowest BCUT2D eigenvalue weighted by molar-refractivity contribution is -0.126. The predicted molar refractivity (Wildman–Crippen MR) is 131 cm³/mol. The molecule has 3 aromatic rings. The van der Waals surface area contributed by atoms with Crippen LogP contribution in [-0.2, 0) is 16.6 Å². The van der Waals surface area contributed by atoms with Gasteiger partial charge in [-0.15, -0.1) is 0 Å². The summed E-state index contributed by atoms with van der Waals surface area (Å²) in [5.41, 5.74) is 1.43. The van der Waals surface area contributed by atoms with E-state index in [1.807, 2.05) is 36.0 Å². The molecule has 0 aliphatic carbocycles. The number of benzene rings is 2. The highest BCUT2D eigenvalue weighted by atomic mass is 16.6. The molecule has 2 aliphatic heterocycles. The van der Waals surface area contributed by atoms with Gasteiger partial charge in [-0.2, -0.15) is 0 Å². The highest BCUT2D eigenvalue weighted by Gasteiger charge is 2.37. The number of carbonyl (C=O) groups is 2. The molecular weight excluding hydrogens is 464 g/mol. The van der Waals surface area contributed by atoms with E-state index in [0.717, 1.165) is 5.56 Å². The molecule has 2 amide bonds. The standard InChI is InChI=1S/C26H28N4O6/c1-29-7-6-27-25(29)24(16-10-19(33-2)14-20(11-16)34-3)28-26(32)17-12-23(31)30(15-17)18-4-5-21-22(13-18)36-9-8-35-21/h4-7,10-11,13-14,17,24H,8-9,12,15H2,1-3H3,(H,28,32). The molecule has 3 heterocycles. The van der Waals surface area contributed by atoms with Crippen molar-refractivity contribution in [3.63, 3.8) is 0 Å². The van der Waals surface area contributed by atoms with Crippen LogP contribution in [0.15, 0.2) is 48.8 Å². The first kappa shape index (κ1) is 23.5. The van der Waals surface area contributed by atoms with Crippen molar-refractivity contribution in [1.82, 2.24) is 14.9 Å². The average Bonchev–Trinajstić information content (AvgIpc) is 3.51. The lowest BCUT2D eigenvalue weighted by Crippen LogP contribution is -2.37. The number of anilines is 1. The normalized spacial score (nSPS) is 17.6. The van der Waals surface area contributed by atoms with Crippen LogP contribution in [0.3, 0.4) is 0 Å². The van der Waals surface area contributed by atoms with Gasteiger partial charge in [0, 0.05) is 50.2 Å². The van der Waals surface area contributed by atoms with Gasteiger partial charge >= 0.3 is 0 Å². The molecule has 2 atom stereocenters. The van der Waals surface area contributed by atoms with Crippen LogP contribution < -0.4 is 29.2 Å². The molecule has 188 valence electrons. The van der Waals surface area contributed by atoms with E-state index in [4.69, 9.17) is 18.9 Å². The molecule has 1 aromatic heterocycles. The number of aryl methyl sites for hydroxylation is 1. The third-order valence-electron chi connectivity index (χ3n) is 6.44. The first-order chi connectivity index (χ1) is 17.5. The Hall–Kier alpha value is -4.21. The van der Waals surface area contributed by atoms with Gasteiger partial charge in [0.2, 0.25) is 11.8 Å². The maximum atomic E-state index is 13.5. The van der Waals surface area contributed by atoms with E-state index in [1.165, 1.54) is 0 Å². The van der Waals surface area contributed by atoms with Crippen LogP contribution in [0.2, 0.25) is 0 Å². The van der Waals surface area contributed by atoms with E-state index in [1.54, 1.807) is 43.5 Å². The molecule has 0 spiro atoms. The zero-order valence-corrected chi connectivity index (χ0v) is 20.4. The number of nitrogens with one attached hydrogen (secondary N) is 1. The molecule has 2 aromatic carbocycles. The average molecular weight is 493 g/mol. The minimum Gasteiger partial charge on any atom is -0.497 e. The summed E-state index contributed by atoms with van der Waals surface area (Å²) in [7, 11) is 5.01. The van der Waals surface area contributed by atoms with E-state index in [9.17, 15) is 9.59 Å². The molecule has 0 saturated carbocycles. The number of methoxy groups -OCH3 is 2. The Labute approximate surface area is 208 Å². The Morgan fingerprint density at radius 3 is 2.47 bits per heavy atom. The van der Waals surface area contributed by atoms with Gasteiger partial charge in [-0.25, -0.2) is 4.98 Å². The van der Waals surface area contributed by atoms with Crippen molar-refractivity contribution < 1.29 is 28.5 Å². The van der Waals surface area contributed by atoms with Gasteiger partial charge in [0.25, 0.3) is 0 Å². The highest BCUT2D eigenvalue weighted by molar-refractivity contribution is 6.00. The number of ether oxygens (including phenoxy) is 4. The van der Waals surface area contributed by atoms with Gasteiger partial charge in [-0.05, 0) is 29.8 Å². The van der Waals surface area contributed by atoms with E-state index >= 15 is 0 Å². The summed E-state index contributed by atoms with van der Waals surface area (Å²) in [5.74, 6) is 2.20. The summed E-state index contributed by atoms with van der Waals surface area (Å²) in [6, 6.07) is 10.3. The molecule has 10 nitrogen and oxygen atoms in total. The monoisotopic (exact) mass is 492 g/mol. The molecule has 2 aliphatic rings. The zero-order chi connectivity index (χ0) is 25.2. The maximum Gasteiger partial charge on any atom is 0.227 e. The van der Waals surface area contributed by atoms with Gasteiger partial charge < -0.3 is 33.7 Å². The lowest BCUT2D eigenvalue weighted by Gasteiger charge is -2.23. The van der Waals surface area contributed by atoms with Crippen molar-refractivity contribution in [3.8, 4) is 23.0 Å². The summed E-state index contributed by atoms with van der Waals surface area (Å²) in [6.07, 6.45) is 3.60. The van der Waals surface area contributed by atoms with Gasteiger partial charge in [0.1, 0.15) is 36.6 Å². The fourth-order valence-corrected chi connectivity index (χ4v) is 4.54. The number of imidazole rings is 1. The Balaban J connectivity index is 1.38. The summed E-state index contributed by atoms with van der Waals surface area (Å²) < 4.78 is 23.9. The molecule has 2 unspecified atom stereocenters. The lowest BCUT2D eigenvalue weighted by atomic mass is 10.0. The Morgan fingerprint density at radius 2 is 1.81 bits per heavy atom. The van der Waals surface area contributed by atoms with Gasteiger partial charge in [-0.1, -0.05) is 0 Å². The van der Waals surface area contributed by atoms with Crippen molar-refractivity contribution >= 4 is 17.5 Å². The topological polar surface area (TPSA) is 104 Å². The first-order valence-corrected chi connectivity index (χ1v) is 11.7. The third-order valence-corrected chi connectivity index (χ3v) is 6.44. The molecule has 1 N–H and O–H groups in total. The number of hydrogen-bond acceptors (Lipinski definition) is 7. The predicted octanol–water partition coefficient (Wildman–Crippen LogP) is 2.47. The second-order valence-electron chi connectivity index (χ2n) is 8.72. The molecule has 1 fully saturated rings. The van der Waals surface area contributed by atoms with E-state index < -0.39 is 12.0 Å². The van der Waals surface area contributed by atoms with E-state index in [-0.39, 0.29) is 24.8 Å². The molecule has 5 rings (SSSR count). The number of nitrogens with zero attached hydrogens (tertiary/aromatic N) is 3. The maximum absolute atomic E-state index is 13.5. The van der Waals surface area contributed by atoms with Crippen molar-refractivity contribution in [2.75, 3.05) is 38.9 Å². The largest absolute Gasteiger partial charge is 0.497 e. The number of rotatable bonds is 7. The van der Waals surface area contributed by atoms with Crippen LogP contribution in [0.4, 0.5) is 5.69 Å². The van der Waals surface area contributed by atoms with Crippen LogP contribution >= 0.6 is 0 Å². The molecule has 0 bridgehead atoms. The summed E-state index contributed by atoms with van der Waals surface area (Å²) >= 11 is 0. The van der Waals surface area contributed by atoms with Crippen LogP contribution in [0.25, 0.3) is 0 Å². The summed E-state index contributed by atoms with van der Waals surface area (Å²) in [4.78, 5) is 32.4. The molecule has 0 radical (unpaired) electrons. The number of hydrogen-bond donors (Lipinski definition) is 1. The van der Waals surface area contributed by atoms with E-state index in [2.05, 4.69) is 10.3 Å². The quantitative estimate of drug-likeness (QED) is 0.540. The summed E-state index contributed by atoms with van der Waals surface area (Å²) in [6.45, 7) is 1.21. The summed E-state index contributed by atoms with van der Waals surface area (Å²) in [5, 5.41) is 3.11. The van der Waals surface area contributed by atoms with Crippen LogP contribution in [0, 0.1) is 5.92 Å². The van der Waals surface area contributed by atoms with E-state index in [0.29, 0.717) is 47.7 Å². The molecule has 10 heteroatoms. The number of amides is 2. The number of aromatic nitrogens is 2. The van der Waals surface area contributed by atoms with Gasteiger partial charge in [-0.3, -0.25) is 9.59 Å². The zero-order valence-electron chi connectivity index (χ0n) is 20.4. The van der Waals surface area contributed by atoms with Crippen molar-refractivity contribution in [1.29, 1.82) is 0 Å². The smallest absolute Gasteiger partial charge is 0.227 e. The Bertz CT molecular complexity index is 1270. The van der Waals surface area contributed by atoms with Gasteiger partial charge in [0.15, 0.2) is 11.5 Å². The molecule has 36 heavy (non-hydrogen) atoms. The van der Waals surface area contributed by atoms with Crippen molar-refractivity contribution in [2.24, 2.45) is 13.0 Å². The SMILES string of the molecule is COc1cc(OC)cc(C(NC(=O)C2CC(=O)N(c3ccc4c(c3)OCCO4)C2)c2nccn2C)c1. The minimum atomic E-state index is -0.569. The highest BCUT2D eigenvalue weighted by Crippen LogP contribution is 2.36. The van der Waals surface area contributed by atoms with Crippen LogP contribution in [-0.4, -0.2) is 55.3 Å². The molecule has 1 saturated heterocycles. The third kappa shape index (κ3) is 4.53. The van der Waals surface area contributed by atoms with Crippen LogP contribution in [0.1, 0.15) is 23.9 Å². The van der Waals surface area contributed by atoms with Crippen molar-refractivity contribution in [2.45, 2.75) is 12.5 Å². The number of carbonyl (C=O) groups excluding carboxylic acids is 2. The first-order valence-electron chi connectivity index (χ1n) is 11.7.